The summed E-state index contributed by atoms with van der Waals surface area (Å²) in [5.41, 5.74) is 0.602. The summed E-state index contributed by atoms with van der Waals surface area (Å²) in [7, 11) is 0. The van der Waals surface area contributed by atoms with E-state index in [4.69, 9.17) is 4.74 Å². The first-order chi connectivity index (χ1) is 21.7. The van der Waals surface area contributed by atoms with Gasteiger partial charge in [-0.25, -0.2) is 9.18 Å². The number of piperazine rings is 1. The fourth-order valence-electron chi connectivity index (χ4n) is 5.57. The van der Waals surface area contributed by atoms with Crippen LogP contribution in [-0.4, -0.2) is 69.8 Å². The normalized spacial score (nSPS) is 13.6. The molecule has 5 rings (SSSR count). The van der Waals surface area contributed by atoms with Crippen molar-refractivity contribution >= 4 is 51.4 Å². The number of anilines is 1. The molecule has 1 saturated heterocycles. The second-order valence-electron chi connectivity index (χ2n) is 10.4. The van der Waals surface area contributed by atoms with Gasteiger partial charge in [0.2, 0.25) is 5.43 Å². The maximum Gasteiger partial charge on any atom is 0.341 e. The molecule has 0 saturated carbocycles. The predicted octanol–water partition coefficient (Wildman–Crippen LogP) is 3.80. The Kier molecular flexibility index (Phi) is 8.81. The molecule has 1 aliphatic rings. The minimum Gasteiger partial charge on any atom is -0.477 e. The van der Waals surface area contributed by atoms with Gasteiger partial charge < -0.3 is 28.8 Å². The number of esters is 1. The number of benzene rings is 2. The number of pyridine rings is 1. The molecule has 1 aliphatic heterocycles. The molecule has 0 aliphatic carbocycles. The zero-order valence-electron chi connectivity index (χ0n) is 24.5. The van der Waals surface area contributed by atoms with E-state index in [0.29, 0.717) is 11.1 Å². The number of ether oxygens (including phenoxy) is 1. The summed E-state index contributed by atoms with van der Waals surface area (Å²) in [4.78, 5) is 53.2. The summed E-state index contributed by atoms with van der Waals surface area (Å²) in [6, 6.07) is 11.9. The minimum absolute atomic E-state index is 0.0181. The molecule has 0 unspecified atom stereocenters. The number of halogens is 1. The molecule has 2 aromatic carbocycles. The summed E-state index contributed by atoms with van der Waals surface area (Å²) in [6.45, 7) is 6.76. The number of allylic oxidation sites excluding steroid dienone is 1. The number of hydrogen-bond acceptors (Lipinski definition) is 7. The number of hydrogen-bond donors (Lipinski definition) is 1. The van der Waals surface area contributed by atoms with E-state index in [-0.39, 0.29) is 62.5 Å². The van der Waals surface area contributed by atoms with Gasteiger partial charge in [-0.1, -0.05) is 24.3 Å². The van der Waals surface area contributed by atoms with E-state index >= 15 is 4.39 Å². The Morgan fingerprint density at radius 1 is 1.07 bits per heavy atom. The molecule has 0 atom stereocenters. The molecule has 3 heterocycles. The molecule has 1 N–H and O–H groups in total. The van der Waals surface area contributed by atoms with Crippen LogP contribution >= 0.6 is 0 Å². The molecular weight excluding hydrogens is 581 g/mol. The van der Waals surface area contributed by atoms with Crippen LogP contribution < -0.4 is 10.3 Å². The minimum atomic E-state index is -1.40. The highest BCUT2D eigenvalue weighted by atomic mass is 19.1. The molecule has 0 bridgehead atoms. The van der Waals surface area contributed by atoms with Crippen molar-refractivity contribution in [1.29, 1.82) is 5.26 Å². The van der Waals surface area contributed by atoms with Gasteiger partial charge in [-0.3, -0.25) is 14.4 Å². The van der Waals surface area contributed by atoms with Crippen LogP contribution in [0.15, 0.2) is 71.8 Å². The van der Waals surface area contributed by atoms with Crippen molar-refractivity contribution < 1.29 is 28.6 Å². The van der Waals surface area contributed by atoms with Crippen LogP contribution in [0.4, 0.5) is 10.1 Å². The molecule has 0 radical (unpaired) electrons. The fourth-order valence-corrected chi connectivity index (χ4v) is 5.57. The Morgan fingerprint density at radius 2 is 1.80 bits per heavy atom. The largest absolute Gasteiger partial charge is 0.477 e. The highest BCUT2D eigenvalue weighted by Gasteiger charge is 2.27. The van der Waals surface area contributed by atoms with Crippen molar-refractivity contribution in [3.8, 4) is 6.07 Å². The second-order valence-corrected chi connectivity index (χ2v) is 10.4. The molecule has 4 aromatic rings. The van der Waals surface area contributed by atoms with Crippen LogP contribution in [0.25, 0.3) is 27.9 Å². The van der Waals surface area contributed by atoms with E-state index in [9.17, 15) is 29.5 Å². The average molecular weight is 612 g/mol. The number of nitriles is 1. The Bertz CT molecular complexity index is 1980. The van der Waals surface area contributed by atoms with Crippen LogP contribution in [0, 0.1) is 17.1 Å². The molecule has 11 nitrogen and oxygen atoms in total. The van der Waals surface area contributed by atoms with E-state index < -0.39 is 34.7 Å². The first-order valence-corrected chi connectivity index (χ1v) is 14.3. The van der Waals surface area contributed by atoms with E-state index in [1.807, 2.05) is 30.3 Å². The Labute approximate surface area is 257 Å². The zero-order chi connectivity index (χ0) is 32.2. The van der Waals surface area contributed by atoms with Crippen molar-refractivity contribution in [2.75, 3.05) is 37.7 Å². The van der Waals surface area contributed by atoms with Crippen LogP contribution in [0.1, 0.15) is 22.8 Å². The van der Waals surface area contributed by atoms with Crippen molar-refractivity contribution in [1.82, 2.24) is 14.0 Å². The highest BCUT2D eigenvalue weighted by molar-refractivity contribution is 6.04. The third-order valence-corrected chi connectivity index (χ3v) is 7.69. The number of aromatic nitrogens is 2. The van der Waals surface area contributed by atoms with Gasteiger partial charge in [-0.15, -0.1) is 6.58 Å². The molecule has 1 amide bonds. The molecule has 0 spiro atoms. The van der Waals surface area contributed by atoms with Crippen molar-refractivity contribution in [2.24, 2.45) is 0 Å². The van der Waals surface area contributed by atoms with Crippen LogP contribution in [0.5, 0.6) is 0 Å². The van der Waals surface area contributed by atoms with Gasteiger partial charge in [0, 0.05) is 67.0 Å². The van der Waals surface area contributed by atoms with Gasteiger partial charge >= 0.3 is 11.9 Å². The fraction of sp³-hybridized carbons (Fsp3) is 0.242. The highest BCUT2D eigenvalue weighted by Crippen LogP contribution is 2.28. The Hall–Kier alpha value is -5.70. The van der Waals surface area contributed by atoms with Gasteiger partial charge in [0.25, 0.3) is 5.91 Å². The SMILES string of the molecule is C=CCn1cc(C(=O)O)c(=O)c2cc(F)c(N3CCN(C(=O)/C(C#N)=C/c4cn(CC(=O)OCC)c5ccccc45)CC3)cc21. The van der Waals surface area contributed by atoms with Crippen molar-refractivity contribution in [2.45, 2.75) is 20.0 Å². The number of amides is 1. The van der Waals surface area contributed by atoms with Crippen molar-refractivity contribution in [3.05, 3.63) is 94.2 Å². The molecule has 12 heteroatoms. The Morgan fingerprint density at radius 3 is 2.47 bits per heavy atom. The zero-order valence-corrected chi connectivity index (χ0v) is 24.5. The quantitative estimate of drug-likeness (QED) is 0.131. The predicted molar refractivity (Wildman–Crippen MR) is 166 cm³/mol. The average Bonchev–Trinajstić information content (AvgIpc) is 3.37. The maximum atomic E-state index is 15.3. The number of carboxylic acid groups (broad SMARTS) is 1. The van der Waals surface area contributed by atoms with Crippen LogP contribution in [0.2, 0.25) is 0 Å². The maximum absolute atomic E-state index is 15.3. The number of fused-ring (bicyclic) bond motifs is 2. The first-order valence-electron chi connectivity index (χ1n) is 14.3. The van der Waals surface area contributed by atoms with E-state index in [1.54, 1.807) is 28.7 Å². The van der Waals surface area contributed by atoms with Gasteiger partial charge in [0.1, 0.15) is 29.6 Å². The van der Waals surface area contributed by atoms with Crippen molar-refractivity contribution in [3.63, 3.8) is 0 Å². The third kappa shape index (κ3) is 6.05. The molecule has 2 aromatic heterocycles. The number of carbonyl (C=O) groups is 3. The lowest BCUT2D eigenvalue weighted by atomic mass is 10.1. The summed E-state index contributed by atoms with van der Waals surface area (Å²) in [5.74, 6) is -2.97. The third-order valence-electron chi connectivity index (χ3n) is 7.69. The molecule has 45 heavy (non-hydrogen) atoms. The number of carbonyl (C=O) groups excluding carboxylic acids is 2. The summed E-state index contributed by atoms with van der Waals surface area (Å²) in [6.07, 6.45) is 5.97. The molecule has 1 fully saturated rings. The monoisotopic (exact) mass is 611 g/mol. The standard InChI is InChI=1S/C33H30FN5O6/c1-3-9-38-19-25(33(43)44)31(41)24-15-26(34)29(16-28(24)38)36-10-12-37(13-11-36)32(42)21(17-35)14-22-18-39(20-30(40)45-4-2)27-8-6-5-7-23(22)27/h3,5-8,14-16,18-19H,1,4,9-13,20H2,2H3,(H,43,44)/b21-14+. The van der Waals surface area contributed by atoms with Crippen LogP contribution in [0.3, 0.4) is 0 Å². The number of rotatable bonds is 9. The number of nitrogens with zero attached hydrogens (tertiary/aromatic N) is 5. The lowest BCUT2D eigenvalue weighted by Gasteiger charge is -2.36. The van der Waals surface area contributed by atoms with Gasteiger partial charge in [0.15, 0.2) is 0 Å². The van der Waals surface area contributed by atoms with Gasteiger partial charge in [-0.05, 0) is 31.2 Å². The number of aromatic carboxylic acids is 1. The topological polar surface area (TPSA) is 138 Å². The summed E-state index contributed by atoms with van der Waals surface area (Å²) < 4.78 is 23.7. The summed E-state index contributed by atoms with van der Waals surface area (Å²) in [5, 5.41) is 20.1. The van der Waals surface area contributed by atoms with Crippen LogP contribution in [-0.2, 0) is 27.4 Å². The first kappa shape index (κ1) is 30.7. The number of carboxylic acids is 1. The van der Waals surface area contributed by atoms with E-state index in [0.717, 1.165) is 17.0 Å². The second kappa shape index (κ2) is 12.9. The number of para-hydroxylation sites is 1. The van der Waals surface area contributed by atoms with Gasteiger partial charge in [0.05, 0.1) is 17.8 Å². The Balaban J connectivity index is 1.38. The van der Waals surface area contributed by atoms with E-state index in [2.05, 4.69) is 6.58 Å². The van der Waals surface area contributed by atoms with E-state index in [1.165, 1.54) is 27.8 Å². The smallest absolute Gasteiger partial charge is 0.341 e. The molecular formula is C33H30FN5O6. The lowest BCUT2D eigenvalue weighted by Crippen LogP contribution is -2.49. The van der Waals surface area contributed by atoms with Gasteiger partial charge in [-0.2, -0.15) is 5.26 Å². The molecule has 230 valence electrons. The lowest BCUT2D eigenvalue weighted by molar-refractivity contribution is -0.143. The summed E-state index contributed by atoms with van der Waals surface area (Å²) >= 11 is 0.